The highest BCUT2D eigenvalue weighted by Gasteiger charge is 2.66. The summed E-state index contributed by atoms with van der Waals surface area (Å²) in [6.07, 6.45) is 0.363. The van der Waals surface area contributed by atoms with E-state index in [2.05, 4.69) is 0 Å². The van der Waals surface area contributed by atoms with Crippen molar-refractivity contribution in [2.45, 2.75) is 101 Å². The van der Waals surface area contributed by atoms with Gasteiger partial charge in [-0.2, -0.15) is 0 Å². The predicted molar refractivity (Wildman–Crippen MR) is 200 cm³/mol. The number of carbonyl (C=O) groups excluding carboxylic acids is 4. The van der Waals surface area contributed by atoms with Gasteiger partial charge in [0.15, 0.2) is 24.1 Å². The van der Waals surface area contributed by atoms with E-state index in [4.69, 9.17) is 37.9 Å². The lowest BCUT2D eigenvalue weighted by Gasteiger charge is -2.48. The number of fused-ring (bicyclic) bond motifs is 4. The molecule has 0 spiro atoms. The molecule has 4 fully saturated rings. The highest BCUT2D eigenvalue weighted by molar-refractivity contribution is 6.14. The number of aliphatic hydroxyl groups excluding tert-OH is 2. The molecule has 2 aromatic carbocycles. The second-order valence-corrected chi connectivity index (χ2v) is 15.7. The molecule has 4 aliphatic heterocycles. The molecule has 0 bridgehead atoms. The first-order valence-electron chi connectivity index (χ1n) is 19.6. The average Bonchev–Trinajstić information content (AvgIpc) is 3.21. The number of hydrogen-bond acceptors (Lipinski definition) is 16. The summed E-state index contributed by atoms with van der Waals surface area (Å²) in [7, 11) is 2.23. The third-order valence-electron chi connectivity index (χ3n) is 12.1. The molecule has 16 heteroatoms. The fourth-order valence-corrected chi connectivity index (χ4v) is 9.39. The number of aliphatic hydroxyl groups is 2. The second kappa shape index (κ2) is 14.9. The number of rotatable bonds is 7. The number of Topliss-reactive ketones (excluding diaryl/α,β-unsaturated/α-hetero) is 2. The lowest BCUT2D eigenvalue weighted by Crippen LogP contribution is -2.65. The summed E-state index contributed by atoms with van der Waals surface area (Å²) in [5.74, 6) is -7.70. The van der Waals surface area contributed by atoms with E-state index in [1.165, 1.54) is 24.3 Å². The van der Waals surface area contributed by atoms with Gasteiger partial charge < -0.3 is 58.3 Å². The normalized spacial score (nSPS) is 31.9. The molecule has 0 radical (unpaired) electrons. The lowest BCUT2D eigenvalue weighted by molar-refractivity contribution is -0.236. The van der Waals surface area contributed by atoms with Crippen LogP contribution in [0.3, 0.4) is 0 Å². The zero-order valence-electron chi connectivity index (χ0n) is 32.5. The van der Waals surface area contributed by atoms with Gasteiger partial charge in [0.1, 0.15) is 57.9 Å². The molecular weight excluding hydrogens is 760 g/mol. The van der Waals surface area contributed by atoms with Crippen LogP contribution in [-0.2, 0) is 47.6 Å². The molecule has 8 atom stereocenters. The Morgan fingerprint density at radius 1 is 0.638 bits per heavy atom. The number of phenolic OH excluding ortho intramolecular Hbond substituents is 2. The van der Waals surface area contributed by atoms with Crippen molar-refractivity contribution in [2.75, 3.05) is 27.4 Å². The van der Waals surface area contributed by atoms with Gasteiger partial charge in [-0.05, 0) is 74.6 Å². The van der Waals surface area contributed by atoms with Crippen molar-refractivity contribution >= 4 is 35.0 Å². The van der Waals surface area contributed by atoms with Gasteiger partial charge in [0, 0.05) is 37.2 Å². The van der Waals surface area contributed by atoms with Gasteiger partial charge in [-0.15, -0.1) is 0 Å². The number of ether oxygens (including phenoxy) is 8. The van der Waals surface area contributed by atoms with Crippen LogP contribution in [0.5, 0.6) is 23.0 Å². The second-order valence-electron chi connectivity index (χ2n) is 15.7. The molecule has 0 aromatic heterocycles. The molecule has 4 heterocycles. The Balaban J connectivity index is 1.23. The molecule has 2 unspecified atom stereocenters. The number of aromatic hydroxyl groups is 2. The minimum Gasteiger partial charge on any atom is -0.506 e. The first-order valence-corrected chi connectivity index (χ1v) is 19.6. The van der Waals surface area contributed by atoms with Crippen LogP contribution in [0.4, 0.5) is 0 Å². The third-order valence-corrected chi connectivity index (χ3v) is 12.1. The molecule has 310 valence electrons. The highest BCUT2D eigenvalue weighted by atomic mass is 16.7. The van der Waals surface area contributed by atoms with Crippen LogP contribution >= 0.6 is 0 Å². The van der Waals surface area contributed by atoms with Crippen LogP contribution in [0.1, 0.15) is 76.3 Å². The quantitative estimate of drug-likeness (QED) is 0.272. The summed E-state index contributed by atoms with van der Waals surface area (Å²) in [6.45, 7) is 4.30. The molecule has 2 aromatic rings. The highest BCUT2D eigenvalue weighted by Crippen LogP contribution is 2.56. The SMILES string of the molecule is COC(=O)[C@@]12Oc3ccc(-c4ccc5c(c4O)C(O)=C4C(=O)C[C@H](C)[C@@H](OC6CCCCO6)[C@]4(C(=O)OC)O5)c(O)c3C(O)=C1C(=O)C[C@H](C)[C@H]2OC1CCCCO1. The summed E-state index contributed by atoms with van der Waals surface area (Å²) in [6, 6.07) is 5.33. The van der Waals surface area contributed by atoms with Crippen molar-refractivity contribution in [3.63, 3.8) is 0 Å². The predicted octanol–water partition coefficient (Wildman–Crippen LogP) is 4.95. The van der Waals surface area contributed by atoms with Crippen LogP contribution in [-0.4, -0.2) is 107 Å². The van der Waals surface area contributed by atoms with Gasteiger partial charge in [-0.1, -0.05) is 13.8 Å². The van der Waals surface area contributed by atoms with Crippen LogP contribution in [0.15, 0.2) is 35.4 Å². The molecule has 16 nitrogen and oxygen atoms in total. The van der Waals surface area contributed by atoms with Gasteiger partial charge >= 0.3 is 11.9 Å². The van der Waals surface area contributed by atoms with E-state index in [1.54, 1.807) is 13.8 Å². The minimum absolute atomic E-state index is 0.109. The van der Waals surface area contributed by atoms with Gasteiger partial charge in [0.25, 0.3) is 11.2 Å². The van der Waals surface area contributed by atoms with Crippen LogP contribution in [0, 0.1) is 11.8 Å². The number of methoxy groups -OCH3 is 2. The van der Waals surface area contributed by atoms with Crippen molar-refractivity contribution in [3.05, 3.63) is 46.5 Å². The summed E-state index contributed by atoms with van der Waals surface area (Å²) in [4.78, 5) is 55.2. The number of benzene rings is 2. The molecule has 2 saturated carbocycles. The largest absolute Gasteiger partial charge is 0.506 e. The number of hydrogen-bond donors (Lipinski definition) is 4. The Labute approximate surface area is 333 Å². The van der Waals surface area contributed by atoms with Crippen molar-refractivity contribution in [2.24, 2.45) is 11.8 Å². The van der Waals surface area contributed by atoms with E-state index in [0.717, 1.165) is 39.9 Å². The van der Waals surface area contributed by atoms with Crippen molar-refractivity contribution < 1.29 is 77.5 Å². The van der Waals surface area contributed by atoms with E-state index in [-0.39, 0.29) is 46.6 Å². The Morgan fingerprint density at radius 2 is 1.03 bits per heavy atom. The first kappa shape index (κ1) is 39.7. The molecule has 2 aliphatic carbocycles. The Morgan fingerprint density at radius 3 is 1.38 bits per heavy atom. The molecule has 0 amide bonds. The zero-order chi connectivity index (χ0) is 41.3. The third kappa shape index (κ3) is 5.86. The minimum atomic E-state index is -2.26. The molecular formula is C42H46O16. The fourth-order valence-electron chi connectivity index (χ4n) is 9.39. The van der Waals surface area contributed by atoms with Crippen LogP contribution < -0.4 is 9.47 Å². The van der Waals surface area contributed by atoms with E-state index < -0.39 is 105 Å². The maximum absolute atomic E-state index is 13.8. The standard InChI is InChI=1S/C42H46O16/c1-19-17-23(43)31-35(47)29-25(57-41(31,39(49)51-3)37(19)55-27-9-5-7-15-53-27)13-11-21(33(29)45)22-12-14-26-30(34(22)46)36(48)32-24(44)18-20(2)38(42(32,58-26)40(50)52-4)56-28-10-6-8-16-54-28/h11-14,19-20,27-28,37-38,45-48H,5-10,15-18H2,1-4H3/t19-,20-,27?,28?,37+,38+,41+,42+/m0/s1. The Bertz CT molecular complexity index is 1980. The number of ketones is 2. The van der Waals surface area contributed by atoms with Crippen LogP contribution in [0.2, 0.25) is 0 Å². The number of carbonyl (C=O) groups is 4. The fraction of sp³-hybridized carbons (Fsp3) is 0.524. The number of esters is 2. The van der Waals surface area contributed by atoms with E-state index in [1.807, 2.05) is 0 Å². The number of phenols is 2. The van der Waals surface area contributed by atoms with Gasteiger partial charge in [-0.25, -0.2) is 9.59 Å². The lowest BCUT2D eigenvalue weighted by atomic mass is 9.69. The first-order chi connectivity index (χ1) is 27.8. The summed E-state index contributed by atoms with van der Waals surface area (Å²) >= 11 is 0. The van der Waals surface area contributed by atoms with Crippen LogP contribution in [0.25, 0.3) is 22.6 Å². The monoisotopic (exact) mass is 806 g/mol. The smallest absolute Gasteiger partial charge is 0.358 e. The van der Waals surface area contributed by atoms with E-state index >= 15 is 0 Å². The van der Waals surface area contributed by atoms with Gasteiger partial charge in [0.2, 0.25) is 0 Å². The molecule has 4 N–H and O–H groups in total. The summed E-state index contributed by atoms with van der Waals surface area (Å²) < 4.78 is 47.3. The van der Waals surface area contributed by atoms with E-state index in [0.29, 0.717) is 26.1 Å². The maximum atomic E-state index is 13.8. The Hall–Kier alpha value is -5.16. The van der Waals surface area contributed by atoms with Crippen molar-refractivity contribution in [1.29, 1.82) is 0 Å². The van der Waals surface area contributed by atoms with E-state index in [9.17, 15) is 39.6 Å². The molecule has 58 heavy (non-hydrogen) atoms. The summed E-state index contributed by atoms with van der Waals surface area (Å²) in [5, 5.41) is 47.6. The maximum Gasteiger partial charge on any atom is 0.358 e. The molecule has 8 rings (SSSR count). The summed E-state index contributed by atoms with van der Waals surface area (Å²) in [5.41, 5.74) is -6.40. The Kier molecular flexibility index (Phi) is 10.2. The average molecular weight is 807 g/mol. The zero-order valence-corrected chi connectivity index (χ0v) is 32.5. The van der Waals surface area contributed by atoms with Crippen molar-refractivity contribution in [3.8, 4) is 34.1 Å². The topological polar surface area (TPSA) is 223 Å². The molecule has 6 aliphatic rings. The van der Waals surface area contributed by atoms with Gasteiger partial charge in [-0.3, -0.25) is 9.59 Å². The molecule has 2 saturated heterocycles. The van der Waals surface area contributed by atoms with Gasteiger partial charge in [0.05, 0.1) is 25.4 Å². The van der Waals surface area contributed by atoms with Crippen molar-refractivity contribution in [1.82, 2.24) is 0 Å².